The van der Waals surface area contributed by atoms with Crippen molar-refractivity contribution in [1.82, 2.24) is 14.4 Å². The first-order valence-electron chi connectivity index (χ1n) is 12.2. The van der Waals surface area contributed by atoms with Crippen molar-refractivity contribution < 1.29 is 22.8 Å². The average Bonchev–Trinajstić information content (AvgIpc) is 3.21. The molecule has 0 saturated heterocycles. The highest BCUT2D eigenvalue weighted by Crippen LogP contribution is 2.30. The first-order chi connectivity index (χ1) is 16.5. The monoisotopic (exact) mass is 492 g/mol. The molecule has 1 heterocycles. The fourth-order valence-electron chi connectivity index (χ4n) is 4.49. The Labute approximate surface area is 205 Å². The van der Waals surface area contributed by atoms with E-state index in [4.69, 9.17) is 0 Å². The number of hydrogen-bond donors (Lipinski definition) is 1. The molecule has 9 heteroatoms. The Morgan fingerprint density at radius 2 is 1.74 bits per heavy atom. The maximum absolute atomic E-state index is 13.5. The number of rotatable bonds is 8. The summed E-state index contributed by atoms with van der Waals surface area (Å²) in [6.45, 7) is 5.01. The van der Waals surface area contributed by atoms with E-state index in [1.54, 1.807) is 9.80 Å². The number of benzene rings is 1. The highest BCUT2D eigenvalue weighted by molar-refractivity contribution is 5.92. The highest BCUT2D eigenvalue weighted by Gasteiger charge is 2.31. The molecule has 192 valence electrons. The quantitative estimate of drug-likeness (QED) is 0.499. The lowest BCUT2D eigenvalue weighted by Gasteiger charge is -2.35. The third-order valence-electron chi connectivity index (χ3n) is 6.39. The number of carbonyl (C=O) groups excluding carboxylic acids is 2. The van der Waals surface area contributed by atoms with Gasteiger partial charge in [-0.1, -0.05) is 33.1 Å². The molecular formula is C26H35F3N4O2. The minimum Gasteiger partial charge on any atom is -0.353 e. The summed E-state index contributed by atoms with van der Waals surface area (Å²) in [5.74, 6) is 0.108. The van der Waals surface area contributed by atoms with Crippen LogP contribution in [0.4, 0.5) is 23.7 Å². The SMILES string of the molecule is CC(C)CN(Cc1cccn1C)C(=O)CN(C(=O)Nc1ccc(C(F)(F)F)cc1)C1CCCCC1. The van der Waals surface area contributed by atoms with Crippen molar-refractivity contribution >= 4 is 17.6 Å². The Balaban J connectivity index is 1.76. The first kappa shape index (κ1) is 26.6. The van der Waals surface area contributed by atoms with Crippen LogP contribution >= 0.6 is 0 Å². The molecule has 1 N–H and O–H groups in total. The number of aromatic nitrogens is 1. The number of nitrogens with one attached hydrogen (secondary N) is 1. The van der Waals surface area contributed by atoms with Crippen LogP contribution in [0.25, 0.3) is 0 Å². The summed E-state index contributed by atoms with van der Waals surface area (Å²) in [4.78, 5) is 30.1. The van der Waals surface area contributed by atoms with Gasteiger partial charge < -0.3 is 19.7 Å². The highest BCUT2D eigenvalue weighted by atomic mass is 19.4. The van der Waals surface area contributed by atoms with Gasteiger partial charge in [-0.15, -0.1) is 0 Å². The molecule has 0 spiro atoms. The summed E-state index contributed by atoms with van der Waals surface area (Å²) in [5.41, 5.74) is 0.483. The lowest BCUT2D eigenvalue weighted by atomic mass is 9.94. The molecule has 1 saturated carbocycles. The molecule has 3 amide bonds. The van der Waals surface area contributed by atoms with E-state index in [0.717, 1.165) is 49.9 Å². The summed E-state index contributed by atoms with van der Waals surface area (Å²) in [6.07, 6.45) is 2.13. The van der Waals surface area contributed by atoms with Gasteiger partial charge in [0, 0.05) is 37.2 Å². The number of hydrogen-bond acceptors (Lipinski definition) is 2. The van der Waals surface area contributed by atoms with Crippen molar-refractivity contribution in [3.05, 3.63) is 53.9 Å². The molecule has 1 fully saturated rings. The smallest absolute Gasteiger partial charge is 0.353 e. The second-order valence-corrected chi connectivity index (χ2v) is 9.70. The summed E-state index contributed by atoms with van der Waals surface area (Å²) in [7, 11) is 1.93. The van der Waals surface area contributed by atoms with E-state index < -0.39 is 17.8 Å². The molecule has 1 aromatic heterocycles. The second-order valence-electron chi connectivity index (χ2n) is 9.70. The van der Waals surface area contributed by atoms with Gasteiger partial charge >= 0.3 is 12.2 Å². The summed E-state index contributed by atoms with van der Waals surface area (Å²) in [5, 5.41) is 2.70. The van der Waals surface area contributed by atoms with Crippen LogP contribution in [0.5, 0.6) is 0 Å². The van der Waals surface area contributed by atoms with Gasteiger partial charge in [-0.3, -0.25) is 4.79 Å². The number of amides is 3. The van der Waals surface area contributed by atoms with E-state index >= 15 is 0 Å². The Hall–Kier alpha value is -2.97. The molecule has 0 bridgehead atoms. The molecule has 0 aliphatic heterocycles. The largest absolute Gasteiger partial charge is 0.416 e. The van der Waals surface area contributed by atoms with Crippen LogP contribution in [0.1, 0.15) is 57.2 Å². The Bertz CT molecular complexity index is 979. The second kappa shape index (κ2) is 11.6. The van der Waals surface area contributed by atoms with Gasteiger partial charge in [-0.05, 0) is 55.2 Å². The van der Waals surface area contributed by atoms with Crippen LogP contribution in [0.2, 0.25) is 0 Å². The zero-order valence-corrected chi connectivity index (χ0v) is 20.6. The number of alkyl halides is 3. The number of nitrogens with zero attached hydrogens (tertiary/aromatic N) is 3. The minimum atomic E-state index is -4.44. The molecular weight excluding hydrogens is 457 g/mol. The number of anilines is 1. The third kappa shape index (κ3) is 7.50. The molecule has 0 unspecified atom stereocenters. The normalized spacial score (nSPS) is 14.7. The van der Waals surface area contributed by atoms with Crippen molar-refractivity contribution in [1.29, 1.82) is 0 Å². The van der Waals surface area contributed by atoms with E-state index in [2.05, 4.69) is 5.32 Å². The zero-order chi connectivity index (χ0) is 25.6. The minimum absolute atomic E-state index is 0.0751. The number of carbonyl (C=O) groups is 2. The summed E-state index contributed by atoms with van der Waals surface area (Å²) in [6, 6.07) is 7.71. The third-order valence-corrected chi connectivity index (χ3v) is 6.39. The van der Waals surface area contributed by atoms with Crippen molar-refractivity contribution in [2.24, 2.45) is 13.0 Å². The van der Waals surface area contributed by atoms with E-state index in [1.807, 2.05) is 43.8 Å². The first-order valence-corrected chi connectivity index (χ1v) is 12.2. The van der Waals surface area contributed by atoms with E-state index in [-0.39, 0.29) is 30.1 Å². The van der Waals surface area contributed by atoms with E-state index in [1.165, 1.54) is 12.1 Å². The van der Waals surface area contributed by atoms with Gasteiger partial charge in [0.1, 0.15) is 6.54 Å². The van der Waals surface area contributed by atoms with Crippen LogP contribution < -0.4 is 5.32 Å². The lowest BCUT2D eigenvalue weighted by Crippen LogP contribution is -2.50. The molecule has 0 radical (unpaired) electrons. The van der Waals surface area contributed by atoms with Crippen molar-refractivity contribution in [3.63, 3.8) is 0 Å². The molecule has 35 heavy (non-hydrogen) atoms. The van der Waals surface area contributed by atoms with Gasteiger partial charge in [0.2, 0.25) is 5.91 Å². The number of aryl methyl sites for hydroxylation is 1. The van der Waals surface area contributed by atoms with Crippen LogP contribution in [0.3, 0.4) is 0 Å². The van der Waals surface area contributed by atoms with Gasteiger partial charge in [0.05, 0.1) is 12.1 Å². The predicted molar refractivity (Wildman–Crippen MR) is 130 cm³/mol. The zero-order valence-electron chi connectivity index (χ0n) is 20.6. The Kier molecular flexibility index (Phi) is 8.86. The van der Waals surface area contributed by atoms with Crippen LogP contribution in [-0.2, 0) is 24.6 Å². The molecule has 2 aromatic rings. The maximum atomic E-state index is 13.5. The molecule has 0 atom stereocenters. The Morgan fingerprint density at radius 1 is 1.09 bits per heavy atom. The van der Waals surface area contributed by atoms with E-state index in [0.29, 0.717) is 13.1 Å². The fourth-order valence-corrected chi connectivity index (χ4v) is 4.49. The van der Waals surface area contributed by atoms with Crippen LogP contribution in [0.15, 0.2) is 42.6 Å². The standard InChI is InChI=1S/C26H35F3N4O2/c1-19(2)16-32(17-23-10-7-15-31(23)3)24(34)18-33(22-8-5-4-6-9-22)25(35)30-21-13-11-20(12-14-21)26(27,28)29/h7,10-15,19,22H,4-6,8-9,16-18H2,1-3H3,(H,30,35). The predicted octanol–water partition coefficient (Wildman–Crippen LogP) is 5.90. The van der Waals surface area contributed by atoms with Gasteiger partial charge in [0.25, 0.3) is 0 Å². The van der Waals surface area contributed by atoms with Gasteiger partial charge in [-0.25, -0.2) is 4.79 Å². The van der Waals surface area contributed by atoms with Crippen molar-refractivity contribution in [2.45, 2.75) is 64.7 Å². The molecule has 3 rings (SSSR count). The summed E-state index contributed by atoms with van der Waals surface area (Å²) >= 11 is 0. The van der Waals surface area contributed by atoms with Gasteiger partial charge in [0.15, 0.2) is 0 Å². The van der Waals surface area contributed by atoms with Crippen LogP contribution in [0, 0.1) is 5.92 Å². The average molecular weight is 493 g/mol. The maximum Gasteiger partial charge on any atom is 0.416 e. The molecule has 1 aliphatic carbocycles. The summed E-state index contributed by atoms with van der Waals surface area (Å²) < 4.78 is 40.6. The van der Waals surface area contributed by atoms with Crippen molar-refractivity contribution in [2.75, 3.05) is 18.4 Å². The molecule has 6 nitrogen and oxygen atoms in total. The fraction of sp³-hybridized carbons (Fsp3) is 0.538. The number of urea groups is 1. The molecule has 1 aliphatic rings. The van der Waals surface area contributed by atoms with E-state index in [9.17, 15) is 22.8 Å². The molecule has 1 aromatic carbocycles. The lowest BCUT2D eigenvalue weighted by molar-refractivity contribution is -0.137. The van der Waals surface area contributed by atoms with Gasteiger partial charge in [-0.2, -0.15) is 13.2 Å². The van der Waals surface area contributed by atoms with Crippen LogP contribution in [-0.4, -0.2) is 45.4 Å². The Morgan fingerprint density at radius 3 is 2.29 bits per heavy atom. The van der Waals surface area contributed by atoms with Crippen molar-refractivity contribution in [3.8, 4) is 0 Å². The number of halogens is 3. The topological polar surface area (TPSA) is 57.6 Å².